The number of benzene rings is 2. The average molecular weight is 424 g/mol. The number of aliphatic imine (C=N–C) groups is 1. The fourth-order valence-electron chi connectivity index (χ4n) is 3.98. The van der Waals surface area contributed by atoms with Gasteiger partial charge in [0.1, 0.15) is 11.9 Å². The topological polar surface area (TPSA) is 74.2 Å². The van der Waals surface area contributed by atoms with E-state index in [0.717, 1.165) is 5.56 Å². The minimum absolute atomic E-state index is 0.193. The van der Waals surface area contributed by atoms with Crippen molar-refractivity contribution in [3.63, 3.8) is 0 Å². The summed E-state index contributed by atoms with van der Waals surface area (Å²) < 4.78 is 19.3. The highest BCUT2D eigenvalue weighted by Gasteiger charge is 2.42. The molecule has 0 bridgehead atoms. The summed E-state index contributed by atoms with van der Waals surface area (Å²) in [5.74, 6) is -1.85. The molecular weight excluding hydrogens is 399 g/mol. The Balaban J connectivity index is 1.55. The molecule has 1 amide bonds. The Hall–Kier alpha value is -3.42. The fraction of sp³-hybridized carbons (Fsp3) is 0.348. The summed E-state index contributed by atoms with van der Waals surface area (Å²) in [5.41, 5.74) is 1.35. The molecule has 1 fully saturated rings. The van der Waals surface area contributed by atoms with E-state index < -0.39 is 23.8 Å². The van der Waals surface area contributed by atoms with Crippen LogP contribution in [0.25, 0.3) is 0 Å². The number of anilines is 1. The summed E-state index contributed by atoms with van der Waals surface area (Å²) >= 11 is 0. The predicted molar refractivity (Wildman–Crippen MR) is 115 cm³/mol. The second kappa shape index (κ2) is 9.16. The van der Waals surface area contributed by atoms with Crippen molar-refractivity contribution < 1.29 is 18.7 Å². The Bertz CT molecular complexity index is 974. The van der Waals surface area contributed by atoms with Gasteiger partial charge in [-0.2, -0.15) is 0 Å². The molecule has 0 aliphatic carbocycles. The SMILES string of the molecule is CCOC(=O)C1C(=O)NC(N2CCN(c3ccccc3F)CC2)=NC1c1ccccc1. The molecule has 7 nitrogen and oxygen atoms in total. The van der Waals surface area contributed by atoms with Crippen LogP contribution in [0.5, 0.6) is 0 Å². The minimum Gasteiger partial charge on any atom is -0.465 e. The number of ether oxygens (including phenoxy) is 1. The Labute approximate surface area is 180 Å². The molecule has 8 heteroatoms. The molecule has 2 aliphatic rings. The van der Waals surface area contributed by atoms with Crippen molar-refractivity contribution in [2.24, 2.45) is 10.9 Å². The molecule has 0 aromatic heterocycles. The van der Waals surface area contributed by atoms with E-state index in [2.05, 4.69) is 5.32 Å². The number of hydrogen-bond donors (Lipinski definition) is 1. The molecule has 2 aromatic carbocycles. The maximum atomic E-state index is 14.1. The lowest BCUT2D eigenvalue weighted by atomic mass is 9.91. The maximum absolute atomic E-state index is 14.1. The van der Waals surface area contributed by atoms with Crippen LogP contribution in [0.4, 0.5) is 10.1 Å². The molecule has 2 aromatic rings. The number of nitrogens with one attached hydrogen (secondary N) is 1. The zero-order chi connectivity index (χ0) is 21.8. The van der Waals surface area contributed by atoms with Crippen molar-refractivity contribution in [1.82, 2.24) is 10.2 Å². The van der Waals surface area contributed by atoms with Crippen molar-refractivity contribution in [2.75, 3.05) is 37.7 Å². The maximum Gasteiger partial charge on any atom is 0.321 e. The molecule has 4 rings (SSSR count). The van der Waals surface area contributed by atoms with Gasteiger partial charge < -0.3 is 14.5 Å². The number of para-hydroxylation sites is 1. The van der Waals surface area contributed by atoms with Crippen LogP contribution in [0.3, 0.4) is 0 Å². The molecule has 2 heterocycles. The lowest BCUT2D eigenvalue weighted by Crippen LogP contribution is -2.57. The second-order valence-electron chi connectivity index (χ2n) is 7.45. The van der Waals surface area contributed by atoms with Crippen molar-refractivity contribution in [3.8, 4) is 0 Å². The van der Waals surface area contributed by atoms with Gasteiger partial charge in [-0.15, -0.1) is 0 Å². The Morgan fingerprint density at radius 2 is 1.71 bits per heavy atom. The summed E-state index contributed by atoms with van der Waals surface area (Å²) in [4.78, 5) is 34.1. The molecule has 0 saturated carbocycles. The lowest BCUT2D eigenvalue weighted by molar-refractivity contribution is -0.153. The van der Waals surface area contributed by atoms with Crippen molar-refractivity contribution in [2.45, 2.75) is 13.0 Å². The third-order valence-electron chi connectivity index (χ3n) is 5.55. The molecule has 1 N–H and O–H groups in total. The van der Waals surface area contributed by atoms with Gasteiger partial charge in [0.15, 0.2) is 5.92 Å². The third kappa shape index (κ3) is 4.38. The number of piperazine rings is 1. The molecular formula is C23H25FN4O3. The van der Waals surface area contributed by atoms with Gasteiger partial charge in [-0.1, -0.05) is 42.5 Å². The largest absolute Gasteiger partial charge is 0.465 e. The highest BCUT2D eigenvalue weighted by Crippen LogP contribution is 2.31. The fourth-order valence-corrected chi connectivity index (χ4v) is 3.98. The van der Waals surface area contributed by atoms with E-state index in [9.17, 15) is 14.0 Å². The van der Waals surface area contributed by atoms with E-state index in [4.69, 9.17) is 9.73 Å². The van der Waals surface area contributed by atoms with Crippen molar-refractivity contribution in [1.29, 1.82) is 0 Å². The van der Waals surface area contributed by atoms with E-state index >= 15 is 0 Å². The van der Waals surface area contributed by atoms with Gasteiger partial charge >= 0.3 is 5.97 Å². The first-order chi connectivity index (χ1) is 15.1. The van der Waals surface area contributed by atoms with Crippen LogP contribution in [-0.2, 0) is 14.3 Å². The monoisotopic (exact) mass is 424 g/mol. The number of carbonyl (C=O) groups is 2. The molecule has 162 valence electrons. The van der Waals surface area contributed by atoms with Crippen LogP contribution in [0, 0.1) is 11.7 Å². The summed E-state index contributed by atoms with van der Waals surface area (Å²) in [6, 6.07) is 15.3. The van der Waals surface area contributed by atoms with Gasteiger partial charge in [-0.25, -0.2) is 9.38 Å². The molecule has 31 heavy (non-hydrogen) atoms. The van der Waals surface area contributed by atoms with Gasteiger partial charge in [0.25, 0.3) is 0 Å². The van der Waals surface area contributed by atoms with E-state index in [1.165, 1.54) is 6.07 Å². The van der Waals surface area contributed by atoms with E-state index in [-0.39, 0.29) is 12.4 Å². The molecule has 0 radical (unpaired) electrons. The number of hydrogen-bond acceptors (Lipinski definition) is 6. The first kappa shape index (κ1) is 20.8. The Morgan fingerprint density at radius 1 is 1.06 bits per heavy atom. The highest BCUT2D eigenvalue weighted by molar-refractivity contribution is 6.08. The summed E-state index contributed by atoms with van der Waals surface area (Å²) in [7, 11) is 0. The zero-order valence-corrected chi connectivity index (χ0v) is 17.3. The van der Waals surface area contributed by atoms with E-state index in [1.807, 2.05) is 46.2 Å². The van der Waals surface area contributed by atoms with Crippen molar-refractivity contribution >= 4 is 23.5 Å². The third-order valence-corrected chi connectivity index (χ3v) is 5.55. The van der Waals surface area contributed by atoms with Crippen LogP contribution in [0.15, 0.2) is 59.6 Å². The van der Waals surface area contributed by atoms with Gasteiger partial charge in [0.2, 0.25) is 11.9 Å². The molecule has 0 spiro atoms. The smallest absolute Gasteiger partial charge is 0.321 e. The summed E-state index contributed by atoms with van der Waals surface area (Å²) in [5, 5.41) is 2.78. The predicted octanol–water partition coefficient (Wildman–Crippen LogP) is 2.35. The Morgan fingerprint density at radius 3 is 2.39 bits per heavy atom. The molecule has 2 atom stereocenters. The van der Waals surface area contributed by atoms with Crippen LogP contribution < -0.4 is 10.2 Å². The van der Waals surface area contributed by atoms with Crippen LogP contribution in [0.2, 0.25) is 0 Å². The van der Waals surface area contributed by atoms with Crippen molar-refractivity contribution in [3.05, 3.63) is 66.0 Å². The zero-order valence-electron chi connectivity index (χ0n) is 17.3. The van der Waals surface area contributed by atoms with Gasteiger partial charge in [0, 0.05) is 26.2 Å². The molecule has 2 aliphatic heterocycles. The number of amides is 1. The highest BCUT2D eigenvalue weighted by atomic mass is 19.1. The van der Waals surface area contributed by atoms with E-state index in [1.54, 1.807) is 19.1 Å². The number of carbonyl (C=O) groups excluding carboxylic acids is 2. The molecule has 1 saturated heterocycles. The standard InChI is InChI=1S/C23H25FN4O3/c1-2-31-22(30)19-20(16-8-4-3-5-9-16)25-23(26-21(19)29)28-14-12-27(13-15-28)18-11-7-6-10-17(18)24/h3-11,19-20H,2,12-15H2,1H3,(H,25,26,29). The normalized spacial score (nSPS) is 21.4. The van der Waals surface area contributed by atoms with Gasteiger partial charge in [0.05, 0.1) is 12.3 Å². The lowest BCUT2D eigenvalue weighted by Gasteiger charge is -2.39. The number of guanidine groups is 1. The van der Waals surface area contributed by atoms with Crippen LogP contribution in [-0.4, -0.2) is 55.5 Å². The quantitative estimate of drug-likeness (QED) is 0.603. The summed E-state index contributed by atoms with van der Waals surface area (Å²) in [6.07, 6.45) is 0. The minimum atomic E-state index is -1.04. The number of rotatable bonds is 4. The number of halogens is 1. The van der Waals surface area contributed by atoms with Gasteiger partial charge in [-0.05, 0) is 24.6 Å². The molecule has 2 unspecified atom stereocenters. The summed E-state index contributed by atoms with van der Waals surface area (Å²) in [6.45, 7) is 4.22. The van der Waals surface area contributed by atoms with Crippen LogP contribution in [0.1, 0.15) is 18.5 Å². The van der Waals surface area contributed by atoms with Gasteiger partial charge in [-0.3, -0.25) is 14.9 Å². The number of nitrogens with zero attached hydrogens (tertiary/aromatic N) is 3. The number of esters is 1. The first-order valence-corrected chi connectivity index (χ1v) is 10.4. The Kier molecular flexibility index (Phi) is 6.16. The average Bonchev–Trinajstić information content (AvgIpc) is 2.80. The van der Waals surface area contributed by atoms with Crippen LogP contribution >= 0.6 is 0 Å². The first-order valence-electron chi connectivity index (χ1n) is 10.4. The van der Waals surface area contributed by atoms with E-state index in [0.29, 0.717) is 37.8 Å². The second-order valence-corrected chi connectivity index (χ2v) is 7.45.